The molecular weight excluding hydrogens is 374 g/mol. The number of anilines is 1. The minimum Gasteiger partial charge on any atom is -0.396 e. The van der Waals surface area contributed by atoms with Crippen molar-refractivity contribution in [3.63, 3.8) is 0 Å². The molecule has 0 spiro atoms. The van der Waals surface area contributed by atoms with Gasteiger partial charge in [0.1, 0.15) is 5.82 Å². The normalized spacial score (nSPS) is 17.7. The summed E-state index contributed by atoms with van der Waals surface area (Å²) < 4.78 is 0. The third kappa shape index (κ3) is 4.31. The summed E-state index contributed by atoms with van der Waals surface area (Å²) in [4.78, 5) is 20.4. The van der Waals surface area contributed by atoms with E-state index in [-0.39, 0.29) is 24.5 Å². The van der Waals surface area contributed by atoms with E-state index in [4.69, 9.17) is 4.98 Å². The SMILES string of the molecule is CCC(NC(=O)c1cc(N2CCC[C@H](CO)C2)nc2ccccc12)c1ccccc1. The number of aromatic nitrogens is 1. The Labute approximate surface area is 177 Å². The molecule has 0 saturated carbocycles. The first-order chi connectivity index (χ1) is 14.7. The molecule has 1 amide bonds. The topological polar surface area (TPSA) is 65.5 Å². The van der Waals surface area contributed by atoms with Crippen molar-refractivity contribution in [3.05, 3.63) is 71.8 Å². The summed E-state index contributed by atoms with van der Waals surface area (Å²) in [7, 11) is 0. The lowest BCUT2D eigenvalue weighted by Crippen LogP contribution is -2.37. The van der Waals surface area contributed by atoms with E-state index in [2.05, 4.69) is 17.1 Å². The molecule has 1 aromatic heterocycles. The highest BCUT2D eigenvalue weighted by atomic mass is 16.3. The van der Waals surface area contributed by atoms with Crippen LogP contribution in [0.4, 0.5) is 5.82 Å². The molecule has 1 unspecified atom stereocenters. The Kier molecular flexibility index (Phi) is 6.29. The molecule has 2 N–H and O–H groups in total. The maximum absolute atomic E-state index is 13.4. The molecule has 1 aliphatic heterocycles. The van der Waals surface area contributed by atoms with Crippen LogP contribution in [0.25, 0.3) is 10.9 Å². The minimum atomic E-state index is -0.0822. The Hall–Kier alpha value is -2.92. The van der Waals surface area contributed by atoms with E-state index in [1.807, 2.05) is 60.7 Å². The molecule has 2 atom stereocenters. The fourth-order valence-electron chi connectivity index (χ4n) is 4.28. The second-order valence-corrected chi connectivity index (χ2v) is 8.03. The number of rotatable bonds is 6. The van der Waals surface area contributed by atoms with E-state index in [0.29, 0.717) is 5.56 Å². The zero-order valence-electron chi connectivity index (χ0n) is 17.4. The Morgan fingerprint density at radius 2 is 1.97 bits per heavy atom. The molecule has 5 heteroatoms. The third-order valence-electron chi connectivity index (χ3n) is 5.96. The van der Waals surface area contributed by atoms with Gasteiger partial charge in [-0.15, -0.1) is 0 Å². The van der Waals surface area contributed by atoms with E-state index >= 15 is 0 Å². The second-order valence-electron chi connectivity index (χ2n) is 8.03. The molecular formula is C25H29N3O2. The van der Waals surface area contributed by atoms with Crippen LogP contribution in [0.2, 0.25) is 0 Å². The van der Waals surface area contributed by atoms with Gasteiger partial charge in [0, 0.05) is 25.1 Å². The highest BCUT2D eigenvalue weighted by molar-refractivity contribution is 6.07. The summed E-state index contributed by atoms with van der Waals surface area (Å²) in [5.41, 5.74) is 2.57. The molecule has 4 rings (SSSR count). The van der Waals surface area contributed by atoms with Crippen molar-refractivity contribution in [1.29, 1.82) is 0 Å². The number of nitrogens with one attached hydrogen (secondary N) is 1. The van der Waals surface area contributed by atoms with E-state index in [1.165, 1.54) is 0 Å². The number of aliphatic hydroxyl groups is 1. The quantitative estimate of drug-likeness (QED) is 0.643. The predicted octanol–water partition coefficient (Wildman–Crippen LogP) is 4.32. The van der Waals surface area contributed by atoms with Crippen LogP contribution in [0.15, 0.2) is 60.7 Å². The van der Waals surface area contributed by atoms with Crippen molar-refractivity contribution in [2.75, 3.05) is 24.6 Å². The van der Waals surface area contributed by atoms with Crippen LogP contribution < -0.4 is 10.2 Å². The number of nitrogens with zero attached hydrogens (tertiary/aromatic N) is 2. The predicted molar refractivity (Wildman–Crippen MR) is 121 cm³/mol. The number of carbonyl (C=O) groups is 1. The number of benzene rings is 2. The van der Waals surface area contributed by atoms with Crippen LogP contribution in [-0.4, -0.2) is 35.7 Å². The van der Waals surface area contributed by atoms with Gasteiger partial charge in [-0.2, -0.15) is 0 Å². The summed E-state index contributed by atoms with van der Waals surface area (Å²) in [6, 6.07) is 19.8. The van der Waals surface area contributed by atoms with E-state index in [9.17, 15) is 9.90 Å². The molecule has 2 heterocycles. The first kappa shape index (κ1) is 20.4. The van der Waals surface area contributed by atoms with Crippen LogP contribution in [0.5, 0.6) is 0 Å². The van der Waals surface area contributed by atoms with E-state index in [0.717, 1.165) is 54.6 Å². The van der Waals surface area contributed by atoms with Crippen molar-refractivity contribution in [1.82, 2.24) is 10.3 Å². The minimum absolute atomic E-state index is 0.0390. The third-order valence-corrected chi connectivity index (χ3v) is 5.96. The van der Waals surface area contributed by atoms with Gasteiger partial charge in [0.15, 0.2) is 0 Å². The number of para-hydroxylation sites is 1. The fraction of sp³-hybridized carbons (Fsp3) is 0.360. The summed E-state index contributed by atoms with van der Waals surface area (Å²) in [5, 5.41) is 13.7. The Bertz CT molecular complexity index is 1010. The number of hydrogen-bond acceptors (Lipinski definition) is 4. The van der Waals surface area contributed by atoms with Crippen LogP contribution in [0, 0.1) is 5.92 Å². The lowest BCUT2D eigenvalue weighted by atomic mass is 9.98. The number of piperidine rings is 1. The van der Waals surface area contributed by atoms with E-state index < -0.39 is 0 Å². The van der Waals surface area contributed by atoms with Crippen molar-refractivity contribution in [3.8, 4) is 0 Å². The highest BCUT2D eigenvalue weighted by Gasteiger charge is 2.23. The lowest BCUT2D eigenvalue weighted by molar-refractivity contribution is 0.0937. The Morgan fingerprint density at radius 1 is 1.20 bits per heavy atom. The van der Waals surface area contributed by atoms with Gasteiger partial charge in [-0.05, 0) is 42.9 Å². The highest BCUT2D eigenvalue weighted by Crippen LogP contribution is 2.27. The number of carbonyl (C=O) groups excluding carboxylic acids is 1. The number of fused-ring (bicyclic) bond motifs is 1. The van der Waals surface area contributed by atoms with Crippen molar-refractivity contribution >= 4 is 22.6 Å². The number of aliphatic hydroxyl groups excluding tert-OH is 1. The smallest absolute Gasteiger partial charge is 0.252 e. The molecule has 1 saturated heterocycles. The van der Waals surface area contributed by atoms with Crippen LogP contribution >= 0.6 is 0 Å². The first-order valence-corrected chi connectivity index (χ1v) is 10.8. The first-order valence-electron chi connectivity index (χ1n) is 10.8. The molecule has 0 aliphatic carbocycles. The van der Waals surface area contributed by atoms with Gasteiger partial charge in [-0.25, -0.2) is 4.98 Å². The zero-order chi connectivity index (χ0) is 20.9. The van der Waals surface area contributed by atoms with Crippen LogP contribution in [0.3, 0.4) is 0 Å². The average Bonchev–Trinajstić information content (AvgIpc) is 2.82. The van der Waals surface area contributed by atoms with Gasteiger partial charge in [0.2, 0.25) is 0 Å². The molecule has 1 aliphatic rings. The zero-order valence-corrected chi connectivity index (χ0v) is 17.4. The Balaban J connectivity index is 1.67. The van der Waals surface area contributed by atoms with Crippen molar-refractivity contribution in [2.24, 2.45) is 5.92 Å². The van der Waals surface area contributed by atoms with Crippen molar-refractivity contribution < 1.29 is 9.90 Å². The molecule has 3 aromatic rings. The lowest BCUT2D eigenvalue weighted by Gasteiger charge is -2.33. The summed E-state index contributed by atoms with van der Waals surface area (Å²) in [6.45, 7) is 3.93. The standard InChI is InChI=1S/C25H29N3O2/c1-2-22(19-10-4-3-5-11-19)27-25(30)21-15-24(26-23-13-7-6-12-20(21)23)28-14-8-9-18(16-28)17-29/h3-7,10-13,15,18,22,29H,2,8-9,14,16-17H2,1H3,(H,27,30)/t18-,22?/m0/s1. The molecule has 156 valence electrons. The fourth-order valence-corrected chi connectivity index (χ4v) is 4.28. The second kappa shape index (κ2) is 9.26. The maximum atomic E-state index is 13.4. The number of amides is 1. The molecule has 2 aromatic carbocycles. The number of pyridine rings is 1. The van der Waals surface area contributed by atoms with Gasteiger partial charge >= 0.3 is 0 Å². The van der Waals surface area contributed by atoms with Gasteiger partial charge in [0.05, 0.1) is 17.1 Å². The van der Waals surface area contributed by atoms with Crippen molar-refractivity contribution in [2.45, 2.75) is 32.2 Å². The largest absolute Gasteiger partial charge is 0.396 e. The molecule has 30 heavy (non-hydrogen) atoms. The Morgan fingerprint density at radius 3 is 2.73 bits per heavy atom. The monoisotopic (exact) mass is 403 g/mol. The van der Waals surface area contributed by atoms with E-state index in [1.54, 1.807) is 0 Å². The van der Waals surface area contributed by atoms with Gasteiger partial charge in [-0.1, -0.05) is 55.5 Å². The van der Waals surface area contributed by atoms with Crippen LogP contribution in [-0.2, 0) is 0 Å². The molecule has 0 bridgehead atoms. The summed E-state index contributed by atoms with van der Waals surface area (Å²) in [6.07, 6.45) is 2.87. The molecule has 1 fully saturated rings. The van der Waals surface area contributed by atoms with Crippen LogP contribution in [0.1, 0.15) is 48.1 Å². The summed E-state index contributed by atoms with van der Waals surface area (Å²) in [5.74, 6) is 0.984. The summed E-state index contributed by atoms with van der Waals surface area (Å²) >= 11 is 0. The van der Waals surface area contributed by atoms with Gasteiger partial charge < -0.3 is 15.3 Å². The number of hydrogen-bond donors (Lipinski definition) is 2. The average molecular weight is 404 g/mol. The molecule has 0 radical (unpaired) electrons. The van der Waals surface area contributed by atoms with Gasteiger partial charge in [0.25, 0.3) is 5.91 Å². The maximum Gasteiger partial charge on any atom is 0.252 e. The molecule has 5 nitrogen and oxygen atoms in total. The van der Waals surface area contributed by atoms with Gasteiger partial charge in [-0.3, -0.25) is 4.79 Å².